The molecule has 98 valence electrons. The molecule has 1 aliphatic carbocycles. The van der Waals surface area contributed by atoms with Gasteiger partial charge in [-0.05, 0) is 42.5 Å². The maximum atomic E-state index is 13.2. The fourth-order valence-electron chi connectivity index (χ4n) is 2.59. The maximum Gasteiger partial charge on any atom is 0.140 e. The van der Waals surface area contributed by atoms with Gasteiger partial charge < -0.3 is 0 Å². The van der Waals surface area contributed by atoms with E-state index in [-0.39, 0.29) is 17.5 Å². The number of ketones is 1. The van der Waals surface area contributed by atoms with E-state index in [2.05, 4.69) is 22.9 Å². The molecule has 0 amide bonds. The molecule has 0 atom stereocenters. The fourth-order valence-corrected chi connectivity index (χ4v) is 2.98. The zero-order valence-corrected chi connectivity index (χ0v) is 12.2. The normalized spacial score (nSPS) is 23.9. The zero-order chi connectivity index (χ0) is 13.1. The van der Waals surface area contributed by atoms with Gasteiger partial charge in [0.15, 0.2) is 0 Å². The lowest BCUT2D eigenvalue weighted by Gasteiger charge is -2.25. The largest absolute Gasteiger partial charge is 0.299 e. The summed E-state index contributed by atoms with van der Waals surface area (Å²) in [6.45, 7) is 2.24. The molecule has 1 saturated carbocycles. The Hall–Kier alpha value is -0.700. The Morgan fingerprint density at radius 2 is 2.00 bits per heavy atom. The van der Waals surface area contributed by atoms with Crippen molar-refractivity contribution >= 4 is 21.7 Å². The molecule has 1 aromatic rings. The topological polar surface area (TPSA) is 17.1 Å². The molecule has 1 fully saturated rings. The molecular weight excluding hydrogens is 295 g/mol. The Kier molecular flexibility index (Phi) is 4.55. The molecule has 2 rings (SSSR count). The van der Waals surface area contributed by atoms with Crippen LogP contribution in [0, 0.1) is 17.7 Å². The van der Waals surface area contributed by atoms with Crippen LogP contribution >= 0.6 is 15.9 Å². The van der Waals surface area contributed by atoms with Crippen LogP contribution in [-0.4, -0.2) is 5.78 Å². The molecule has 0 unspecified atom stereocenters. The van der Waals surface area contributed by atoms with E-state index in [1.165, 1.54) is 12.1 Å². The van der Waals surface area contributed by atoms with E-state index in [0.29, 0.717) is 6.42 Å². The van der Waals surface area contributed by atoms with Crippen LogP contribution in [0.25, 0.3) is 0 Å². The van der Waals surface area contributed by atoms with E-state index < -0.39 is 0 Å². The first-order valence-electron chi connectivity index (χ1n) is 6.53. The SMILES string of the molecule is CC1CCC(C(=O)Cc2cc(F)ccc2Br)CC1. The van der Waals surface area contributed by atoms with Crippen LogP contribution < -0.4 is 0 Å². The smallest absolute Gasteiger partial charge is 0.140 e. The average Bonchev–Trinajstić information content (AvgIpc) is 2.34. The van der Waals surface area contributed by atoms with E-state index in [1.54, 1.807) is 6.07 Å². The van der Waals surface area contributed by atoms with E-state index in [1.807, 2.05) is 0 Å². The van der Waals surface area contributed by atoms with Gasteiger partial charge in [0.05, 0.1) is 0 Å². The highest BCUT2D eigenvalue weighted by Crippen LogP contribution is 2.30. The molecule has 3 heteroatoms. The summed E-state index contributed by atoms with van der Waals surface area (Å²) in [5.41, 5.74) is 0.763. The summed E-state index contributed by atoms with van der Waals surface area (Å²) < 4.78 is 14.0. The highest BCUT2D eigenvalue weighted by Gasteiger charge is 2.24. The van der Waals surface area contributed by atoms with Gasteiger partial charge in [-0.15, -0.1) is 0 Å². The molecule has 0 radical (unpaired) electrons. The molecule has 0 heterocycles. The summed E-state index contributed by atoms with van der Waals surface area (Å²) in [5, 5.41) is 0. The van der Waals surface area contributed by atoms with Crippen LogP contribution in [0.3, 0.4) is 0 Å². The van der Waals surface area contributed by atoms with Gasteiger partial charge in [-0.2, -0.15) is 0 Å². The number of benzene rings is 1. The number of carbonyl (C=O) groups excluding carboxylic acids is 1. The van der Waals surface area contributed by atoms with Crippen LogP contribution in [0.4, 0.5) is 4.39 Å². The van der Waals surface area contributed by atoms with Crippen molar-refractivity contribution in [1.82, 2.24) is 0 Å². The zero-order valence-electron chi connectivity index (χ0n) is 10.6. The Morgan fingerprint density at radius 3 is 2.67 bits per heavy atom. The van der Waals surface area contributed by atoms with Crippen molar-refractivity contribution in [2.75, 3.05) is 0 Å². The maximum absolute atomic E-state index is 13.2. The molecule has 0 bridgehead atoms. The van der Waals surface area contributed by atoms with Crippen LogP contribution in [0.5, 0.6) is 0 Å². The number of hydrogen-bond acceptors (Lipinski definition) is 1. The van der Waals surface area contributed by atoms with Crippen molar-refractivity contribution in [3.05, 3.63) is 34.1 Å². The van der Waals surface area contributed by atoms with Gasteiger partial charge in [0, 0.05) is 16.8 Å². The van der Waals surface area contributed by atoms with Gasteiger partial charge >= 0.3 is 0 Å². The predicted molar refractivity (Wildman–Crippen MR) is 73.9 cm³/mol. The van der Waals surface area contributed by atoms with E-state index in [4.69, 9.17) is 0 Å². The van der Waals surface area contributed by atoms with Crippen LogP contribution in [0.1, 0.15) is 38.2 Å². The quantitative estimate of drug-likeness (QED) is 0.801. The summed E-state index contributed by atoms with van der Waals surface area (Å²) in [6.07, 6.45) is 4.61. The third-order valence-corrected chi connectivity index (χ3v) is 4.62. The Balaban J connectivity index is 2.00. The molecule has 0 N–H and O–H groups in total. The molecule has 1 nitrogen and oxygen atoms in total. The van der Waals surface area contributed by atoms with E-state index in [9.17, 15) is 9.18 Å². The summed E-state index contributed by atoms with van der Waals surface area (Å²) in [6, 6.07) is 4.52. The van der Waals surface area contributed by atoms with Crippen molar-refractivity contribution in [1.29, 1.82) is 0 Å². The summed E-state index contributed by atoms with van der Waals surface area (Å²) in [4.78, 5) is 12.2. The third kappa shape index (κ3) is 3.41. The minimum absolute atomic E-state index is 0.177. The van der Waals surface area contributed by atoms with E-state index >= 15 is 0 Å². The lowest BCUT2D eigenvalue weighted by molar-refractivity contribution is -0.123. The summed E-state index contributed by atoms with van der Waals surface area (Å²) in [5.74, 6) is 0.901. The first-order chi connectivity index (χ1) is 8.56. The Morgan fingerprint density at radius 1 is 1.33 bits per heavy atom. The first kappa shape index (κ1) is 13.7. The summed E-state index contributed by atoms with van der Waals surface area (Å²) >= 11 is 3.37. The molecule has 0 spiro atoms. The molecule has 0 saturated heterocycles. The van der Waals surface area contributed by atoms with Gasteiger partial charge in [0.1, 0.15) is 11.6 Å². The van der Waals surface area contributed by atoms with Gasteiger partial charge in [0.2, 0.25) is 0 Å². The van der Waals surface area contributed by atoms with Crippen LogP contribution in [0.15, 0.2) is 22.7 Å². The molecule has 0 aromatic heterocycles. The van der Waals surface area contributed by atoms with E-state index in [0.717, 1.165) is 41.6 Å². The molecule has 1 aromatic carbocycles. The van der Waals surface area contributed by atoms with Gasteiger partial charge in [-0.25, -0.2) is 4.39 Å². The van der Waals surface area contributed by atoms with Crippen molar-refractivity contribution in [3.63, 3.8) is 0 Å². The lowest BCUT2D eigenvalue weighted by atomic mass is 9.80. The third-order valence-electron chi connectivity index (χ3n) is 3.84. The Labute approximate surface area is 116 Å². The monoisotopic (exact) mass is 312 g/mol. The highest BCUT2D eigenvalue weighted by molar-refractivity contribution is 9.10. The highest BCUT2D eigenvalue weighted by atomic mass is 79.9. The Bertz CT molecular complexity index is 436. The predicted octanol–water partition coefficient (Wildman–Crippen LogP) is 4.53. The van der Waals surface area contributed by atoms with Crippen molar-refractivity contribution in [3.8, 4) is 0 Å². The van der Waals surface area contributed by atoms with Gasteiger partial charge in [0.25, 0.3) is 0 Å². The second-order valence-corrected chi connectivity index (χ2v) is 6.19. The minimum atomic E-state index is -0.279. The lowest BCUT2D eigenvalue weighted by Crippen LogP contribution is -2.22. The number of Topliss-reactive ketones (excluding diaryl/α,β-unsaturated/α-hetero) is 1. The van der Waals surface area contributed by atoms with Crippen LogP contribution in [-0.2, 0) is 11.2 Å². The second kappa shape index (κ2) is 5.96. The molecular formula is C15H18BrFO. The molecule has 18 heavy (non-hydrogen) atoms. The van der Waals surface area contributed by atoms with Crippen molar-refractivity contribution in [2.24, 2.45) is 11.8 Å². The number of rotatable bonds is 3. The summed E-state index contributed by atoms with van der Waals surface area (Å²) in [7, 11) is 0. The standard InChI is InChI=1S/C15H18BrFO/c1-10-2-4-11(5-3-10)15(18)9-12-8-13(17)6-7-14(12)16/h6-8,10-11H,2-5,9H2,1H3. The fraction of sp³-hybridized carbons (Fsp3) is 0.533. The van der Waals surface area contributed by atoms with Gasteiger partial charge in [-0.3, -0.25) is 4.79 Å². The number of halogens is 2. The molecule has 1 aliphatic rings. The molecule has 0 aliphatic heterocycles. The van der Waals surface area contributed by atoms with Crippen LogP contribution in [0.2, 0.25) is 0 Å². The van der Waals surface area contributed by atoms with Crippen molar-refractivity contribution in [2.45, 2.75) is 39.0 Å². The number of carbonyl (C=O) groups is 1. The number of hydrogen-bond donors (Lipinski definition) is 0. The average molecular weight is 313 g/mol. The first-order valence-corrected chi connectivity index (χ1v) is 7.32. The second-order valence-electron chi connectivity index (χ2n) is 5.34. The van der Waals surface area contributed by atoms with Gasteiger partial charge in [-0.1, -0.05) is 35.7 Å². The minimum Gasteiger partial charge on any atom is -0.299 e. The van der Waals surface area contributed by atoms with Crippen molar-refractivity contribution < 1.29 is 9.18 Å².